The molecule has 1 aromatic carbocycles. The number of hydrogen-bond acceptors (Lipinski definition) is 3. The van der Waals surface area contributed by atoms with Crippen LogP contribution in [0.1, 0.15) is 45.2 Å². The van der Waals surface area contributed by atoms with Crippen molar-refractivity contribution in [3.63, 3.8) is 0 Å². The van der Waals surface area contributed by atoms with Crippen LogP contribution in [0.5, 0.6) is 11.5 Å². The van der Waals surface area contributed by atoms with Gasteiger partial charge in [0.2, 0.25) is 0 Å². The first-order valence-corrected chi connectivity index (χ1v) is 7.07. The van der Waals surface area contributed by atoms with Crippen LogP contribution in [-0.2, 0) is 0 Å². The Bertz CT molecular complexity index is 377. The summed E-state index contributed by atoms with van der Waals surface area (Å²) in [7, 11) is 3.34. The van der Waals surface area contributed by atoms with Gasteiger partial charge in [-0.3, -0.25) is 0 Å². The van der Waals surface area contributed by atoms with E-state index in [1.165, 1.54) is 5.56 Å². The molecule has 0 amide bonds. The summed E-state index contributed by atoms with van der Waals surface area (Å²) in [5, 5.41) is 3.61. The van der Waals surface area contributed by atoms with Crippen LogP contribution in [0.25, 0.3) is 0 Å². The van der Waals surface area contributed by atoms with E-state index in [9.17, 15) is 0 Å². The molecule has 0 aliphatic heterocycles. The van der Waals surface area contributed by atoms with Crippen LogP contribution in [0, 0.1) is 5.92 Å². The summed E-state index contributed by atoms with van der Waals surface area (Å²) in [6.07, 6.45) is 2.26. The third-order valence-electron chi connectivity index (χ3n) is 3.16. The molecular formula is C16H27NO2. The van der Waals surface area contributed by atoms with Crippen LogP contribution in [0.15, 0.2) is 18.2 Å². The van der Waals surface area contributed by atoms with Gasteiger partial charge in [0.15, 0.2) is 11.5 Å². The molecule has 1 unspecified atom stereocenters. The summed E-state index contributed by atoms with van der Waals surface area (Å²) >= 11 is 0. The van der Waals surface area contributed by atoms with Crippen LogP contribution >= 0.6 is 0 Å². The highest BCUT2D eigenvalue weighted by Crippen LogP contribution is 2.31. The van der Waals surface area contributed by atoms with Crippen LogP contribution in [0.2, 0.25) is 0 Å². The third kappa shape index (κ3) is 4.75. The molecule has 1 atom stereocenters. The van der Waals surface area contributed by atoms with E-state index >= 15 is 0 Å². The van der Waals surface area contributed by atoms with Crippen molar-refractivity contribution in [2.24, 2.45) is 5.92 Å². The molecule has 0 saturated heterocycles. The van der Waals surface area contributed by atoms with E-state index in [1.807, 2.05) is 6.07 Å². The molecule has 3 nitrogen and oxygen atoms in total. The minimum absolute atomic E-state index is 0.375. The fourth-order valence-electron chi connectivity index (χ4n) is 2.20. The van der Waals surface area contributed by atoms with Crippen molar-refractivity contribution in [3.05, 3.63) is 23.8 Å². The first-order valence-electron chi connectivity index (χ1n) is 7.07. The molecule has 0 aliphatic rings. The smallest absolute Gasteiger partial charge is 0.161 e. The molecule has 0 heterocycles. The number of nitrogens with one attached hydrogen (secondary N) is 1. The molecule has 3 heteroatoms. The van der Waals surface area contributed by atoms with Gasteiger partial charge in [-0.25, -0.2) is 0 Å². The van der Waals surface area contributed by atoms with Gasteiger partial charge in [0.1, 0.15) is 0 Å². The molecule has 0 aromatic heterocycles. The second-order valence-corrected chi connectivity index (χ2v) is 5.25. The minimum Gasteiger partial charge on any atom is -0.493 e. The maximum atomic E-state index is 5.38. The van der Waals surface area contributed by atoms with E-state index in [0.717, 1.165) is 30.9 Å². The summed E-state index contributed by atoms with van der Waals surface area (Å²) in [5.41, 5.74) is 1.26. The Morgan fingerprint density at radius 1 is 1.11 bits per heavy atom. The van der Waals surface area contributed by atoms with Gasteiger partial charge in [-0.1, -0.05) is 26.8 Å². The molecule has 108 valence electrons. The standard InChI is InChI=1S/C16H27NO2/c1-6-9-17-14(10-12(2)3)13-7-8-15(18-4)16(11-13)19-5/h7-8,11-12,14,17H,6,9-10H2,1-5H3. The van der Waals surface area contributed by atoms with E-state index in [1.54, 1.807) is 14.2 Å². The van der Waals surface area contributed by atoms with E-state index < -0.39 is 0 Å². The maximum absolute atomic E-state index is 5.38. The zero-order valence-electron chi connectivity index (χ0n) is 12.8. The maximum Gasteiger partial charge on any atom is 0.161 e. The predicted octanol–water partition coefficient (Wildman–Crippen LogP) is 3.79. The van der Waals surface area contributed by atoms with E-state index in [4.69, 9.17) is 9.47 Å². The molecular weight excluding hydrogens is 238 g/mol. The Kier molecular flexibility index (Phi) is 6.71. The largest absolute Gasteiger partial charge is 0.493 e. The van der Waals surface area contributed by atoms with Crippen molar-refractivity contribution in [1.82, 2.24) is 5.32 Å². The monoisotopic (exact) mass is 265 g/mol. The number of hydrogen-bond donors (Lipinski definition) is 1. The lowest BCUT2D eigenvalue weighted by atomic mass is 9.96. The number of benzene rings is 1. The van der Waals surface area contributed by atoms with Crippen molar-refractivity contribution in [2.75, 3.05) is 20.8 Å². The van der Waals surface area contributed by atoms with Gasteiger partial charge < -0.3 is 14.8 Å². The average molecular weight is 265 g/mol. The molecule has 0 saturated carbocycles. The highest BCUT2D eigenvalue weighted by Gasteiger charge is 2.15. The van der Waals surface area contributed by atoms with Gasteiger partial charge >= 0.3 is 0 Å². The van der Waals surface area contributed by atoms with Gasteiger partial charge in [-0.15, -0.1) is 0 Å². The van der Waals surface area contributed by atoms with Crippen LogP contribution in [-0.4, -0.2) is 20.8 Å². The molecule has 0 spiro atoms. The van der Waals surface area contributed by atoms with Gasteiger partial charge in [0.25, 0.3) is 0 Å². The van der Waals surface area contributed by atoms with Crippen molar-refractivity contribution >= 4 is 0 Å². The Hall–Kier alpha value is -1.22. The molecule has 19 heavy (non-hydrogen) atoms. The summed E-state index contributed by atoms with van der Waals surface area (Å²) in [6, 6.07) is 6.56. The molecule has 1 rings (SSSR count). The van der Waals surface area contributed by atoms with E-state index in [-0.39, 0.29) is 0 Å². The molecule has 1 N–H and O–H groups in total. The van der Waals surface area contributed by atoms with Gasteiger partial charge in [-0.05, 0) is 43.0 Å². The zero-order valence-corrected chi connectivity index (χ0v) is 12.8. The van der Waals surface area contributed by atoms with Crippen molar-refractivity contribution in [3.8, 4) is 11.5 Å². The summed E-state index contributed by atoms with van der Waals surface area (Å²) in [4.78, 5) is 0. The number of methoxy groups -OCH3 is 2. The lowest BCUT2D eigenvalue weighted by Crippen LogP contribution is -2.23. The Morgan fingerprint density at radius 3 is 2.32 bits per heavy atom. The number of rotatable bonds is 8. The van der Waals surface area contributed by atoms with Gasteiger partial charge in [0, 0.05) is 6.04 Å². The van der Waals surface area contributed by atoms with Crippen LogP contribution in [0.3, 0.4) is 0 Å². The summed E-state index contributed by atoms with van der Waals surface area (Å²) in [6.45, 7) is 7.72. The van der Waals surface area contributed by atoms with Crippen molar-refractivity contribution in [1.29, 1.82) is 0 Å². The molecule has 0 bridgehead atoms. The molecule has 0 fully saturated rings. The second-order valence-electron chi connectivity index (χ2n) is 5.25. The molecule has 1 aromatic rings. The normalized spacial score (nSPS) is 12.5. The highest BCUT2D eigenvalue weighted by atomic mass is 16.5. The first-order chi connectivity index (χ1) is 9.12. The topological polar surface area (TPSA) is 30.5 Å². The third-order valence-corrected chi connectivity index (χ3v) is 3.16. The quantitative estimate of drug-likeness (QED) is 0.775. The highest BCUT2D eigenvalue weighted by molar-refractivity contribution is 5.43. The van der Waals surface area contributed by atoms with Crippen molar-refractivity contribution in [2.45, 2.75) is 39.7 Å². The van der Waals surface area contributed by atoms with Crippen LogP contribution < -0.4 is 14.8 Å². The Balaban J connectivity index is 2.93. The number of ether oxygens (including phenoxy) is 2. The fourth-order valence-corrected chi connectivity index (χ4v) is 2.20. The van der Waals surface area contributed by atoms with Gasteiger partial charge in [0.05, 0.1) is 14.2 Å². The lowest BCUT2D eigenvalue weighted by Gasteiger charge is -2.22. The SMILES string of the molecule is CCCNC(CC(C)C)c1ccc(OC)c(OC)c1. The summed E-state index contributed by atoms with van der Waals surface area (Å²) in [5.74, 6) is 2.24. The van der Waals surface area contributed by atoms with Crippen molar-refractivity contribution < 1.29 is 9.47 Å². The minimum atomic E-state index is 0.375. The van der Waals surface area contributed by atoms with E-state index in [0.29, 0.717) is 12.0 Å². The lowest BCUT2D eigenvalue weighted by molar-refractivity contribution is 0.352. The zero-order chi connectivity index (χ0) is 14.3. The second kappa shape index (κ2) is 8.05. The molecule has 0 aliphatic carbocycles. The predicted molar refractivity (Wildman–Crippen MR) is 80.0 cm³/mol. The van der Waals surface area contributed by atoms with Gasteiger partial charge in [-0.2, -0.15) is 0 Å². The Labute approximate surface area is 117 Å². The van der Waals surface area contributed by atoms with Crippen LogP contribution in [0.4, 0.5) is 0 Å². The fraction of sp³-hybridized carbons (Fsp3) is 0.625. The molecule has 0 radical (unpaired) electrons. The van der Waals surface area contributed by atoms with E-state index in [2.05, 4.69) is 38.2 Å². The average Bonchev–Trinajstić information content (AvgIpc) is 2.42. The Morgan fingerprint density at radius 2 is 1.79 bits per heavy atom. The summed E-state index contributed by atoms with van der Waals surface area (Å²) < 4.78 is 10.7. The first kappa shape index (κ1) is 15.8.